The first-order chi connectivity index (χ1) is 8.65. The number of carbonyl (C=O) groups is 1. The van der Waals surface area contributed by atoms with Gasteiger partial charge in [-0.05, 0) is 39.3 Å². The van der Waals surface area contributed by atoms with Crippen molar-refractivity contribution < 1.29 is 9.90 Å². The molecule has 0 aliphatic heterocycles. The summed E-state index contributed by atoms with van der Waals surface area (Å²) in [5, 5.41) is 12.2. The minimum atomic E-state index is -0.722. The lowest BCUT2D eigenvalue weighted by Crippen LogP contribution is -2.42. The van der Waals surface area contributed by atoms with Gasteiger partial charge in [0.25, 0.3) is 0 Å². The second-order valence-corrected chi connectivity index (χ2v) is 5.41. The summed E-state index contributed by atoms with van der Waals surface area (Å²) in [6, 6.07) is 0.273. The van der Waals surface area contributed by atoms with Gasteiger partial charge in [-0.15, -0.1) is 0 Å². The van der Waals surface area contributed by atoms with Crippen LogP contribution in [-0.2, 0) is 4.79 Å². The Morgan fingerprint density at radius 1 is 1.39 bits per heavy atom. The number of carboxylic acids is 1. The molecule has 1 fully saturated rings. The van der Waals surface area contributed by atoms with Crippen LogP contribution in [-0.4, -0.2) is 48.2 Å². The number of aliphatic carboxylic acids is 1. The Hall–Kier alpha value is -0.610. The monoisotopic (exact) mass is 256 g/mol. The molecule has 0 bridgehead atoms. The molecule has 0 spiro atoms. The molecule has 1 aliphatic carbocycles. The Bertz CT molecular complexity index is 240. The van der Waals surface area contributed by atoms with Crippen molar-refractivity contribution in [2.75, 3.05) is 20.1 Å². The summed E-state index contributed by atoms with van der Waals surface area (Å²) < 4.78 is 0. The smallest absolute Gasteiger partial charge is 0.320 e. The van der Waals surface area contributed by atoms with Gasteiger partial charge < -0.3 is 15.3 Å². The Balaban J connectivity index is 2.28. The molecule has 18 heavy (non-hydrogen) atoms. The first kappa shape index (κ1) is 15.4. The van der Waals surface area contributed by atoms with E-state index in [-0.39, 0.29) is 0 Å². The highest BCUT2D eigenvalue weighted by molar-refractivity contribution is 5.73. The third-order valence-corrected chi connectivity index (χ3v) is 3.91. The molecule has 0 aromatic heterocycles. The molecular formula is C14H28N2O2. The van der Waals surface area contributed by atoms with E-state index in [2.05, 4.69) is 24.2 Å². The van der Waals surface area contributed by atoms with Crippen molar-refractivity contribution in [1.29, 1.82) is 0 Å². The summed E-state index contributed by atoms with van der Waals surface area (Å²) in [4.78, 5) is 13.5. The quantitative estimate of drug-likeness (QED) is 0.698. The van der Waals surface area contributed by atoms with Crippen LogP contribution < -0.4 is 5.32 Å². The summed E-state index contributed by atoms with van der Waals surface area (Å²) in [6.45, 7) is 3.71. The second-order valence-electron chi connectivity index (χ2n) is 5.41. The van der Waals surface area contributed by atoms with Crippen molar-refractivity contribution in [3.05, 3.63) is 0 Å². The van der Waals surface area contributed by atoms with Gasteiger partial charge in [-0.25, -0.2) is 0 Å². The van der Waals surface area contributed by atoms with Crippen molar-refractivity contribution in [3.8, 4) is 0 Å². The maximum Gasteiger partial charge on any atom is 0.320 e. The minimum absolute atomic E-state index is 0.393. The van der Waals surface area contributed by atoms with Gasteiger partial charge in [0.1, 0.15) is 6.04 Å². The average molecular weight is 256 g/mol. The van der Waals surface area contributed by atoms with Crippen LogP contribution in [0.2, 0.25) is 0 Å². The van der Waals surface area contributed by atoms with Gasteiger partial charge in [0.2, 0.25) is 0 Å². The van der Waals surface area contributed by atoms with E-state index in [1.54, 1.807) is 0 Å². The van der Waals surface area contributed by atoms with Gasteiger partial charge in [0.05, 0.1) is 0 Å². The fourth-order valence-corrected chi connectivity index (χ4v) is 2.67. The molecule has 1 rings (SSSR count). The summed E-state index contributed by atoms with van der Waals surface area (Å²) in [5.74, 6) is -0.722. The minimum Gasteiger partial charge on any atom is -0.480 e. The highest BCUT2D eigenvalue weighted by Crippen LogP contribution is 2.21. The van der Waals surface area contributed by atoms with Crippen LogP contribution in [0.15, 0.2) is 0 Å². The number of rotatable bonds is 8. The molecule has 0 radical (unpaired) electrons. The Morgan fingerprint density at radius 2 is 2.06 bits per heavy atom. The van der Waals surface area contributed by atoms with Gasteiger partial charge in [-0.1, -0.05) is 26.2 Å². The molecule has 1 aliphatic rings. The SMILES string of the molecule is CCCNC(CCN(C)C1CCCCC1)C(=O)O. The van der Waals surface area contributed by atoms with Crippen LogP contribution in [0, 0.1) is 0 Å². The average Bonchev–Trinajstić information content (AvgIpc) is 2.39. The molecule has 1 saturated carbocycles. The number of hydrogen-bond acceptors (Lipinski definition) is 3. The van der Waals surface area contributed by atoms with Crippen molar-refractivity contribution in [2.45, 2.75) is 64.0 Å². The van der Waals surface area contributed by atoms with E-state index in [0.717, 1.165) is 19.5 Å². The molecule has 0 heterocycles. The van der Waals surface area contributed by atoms with Crippen molar-refractivity contribution in [2.24, 2.45) is 0 Å². The second kappa shape index (κ2) is 8.48. The molecule has 0 saturated heterocycles. The van der Waals surface area contributed by atoms with Crippen LogP contribution in [0.4, 0.5) is 0 Å². The zero-order chi connectivity index (χ0) is 13.4. The van der Waals surface area contributed by atoms with E-state index < -0.39 is 12.0 Å². The molecule has 0 amide bonds. The van der Waals surface area contributed by atoms with Crippen molar-refractivity contribution in [3.63, 3.8) is 0 Å². The van der Waals surface area contributed by atoms with E-state index in [4.69, 9.17) is 5.11 Å². The third kappa shape index (κ3) is 5.36. The molecule has 0 aromatic rings. The molecule has 2 N–H and O–H groups in total. The Kier molecular flexibility index (Phi) is 7.28. The molecule has 1 unspecified atom stereocenters. The predicted molar refractivity (Wildman–Crippen MR) is 73.8 cm³/mol. The van der Waals surface area contributed by atoms with E-state index in [9.17, 15) is 4.79 Å². The summed E-state index contributed by atoms with van der Waals surface area (Å²) in [6.07, 6.45) is 8.23. The van der Waals surface area contributed by atoms with Gasteiger partial charge in [0, 0.05) is 12.6 Å². The van der Waals surface area contributed by atoms with E-state index >= 15 is 0 Å². The predicted octanol–water partition coefficient (Wildman–Crippen LogP) is 2.09. The Morgan fingerprint density at radius 3 is 2.61 bits per heavy atom. The van der Waals surface area contributed by atoms with Crippen LogP contribution in [0.25, 0.3) is 0 Å². The van der Waals surface area contributed by atoms with Gasteiger partial charge in [-0.2, -0.15) is 0 Å². The largest absolute Gasteiger partial charge is 0.480 e. The van der Waals surface area contributed by atoms with Gasteiger partial charge in [0.15, 0.2) is 0 Å². The van der Waals surface area contributed by atoms with Gasteiger partial charge in [-0.3, -0.25) is 4.79 Å². The molecule has 0 aromatic carbocycles. The zero-order valence-electron chi connectivity index (χ0n) is 11.8. The molecular weight excluding hydrogens is 228 g/mol. The summed E-state index contributed by atoms with van der Waals surface area (Å²) in [5.41, 5.74) is 0. The van der Waals surface area contributed by atoms with Crippen LogP contribution in [0.3, 0.4) is 0 Å². The number of carboxylic acid groups (broad SMARTS) is 1. The van der Waals surface area contributed by atoms with Crippen LogP contribution in [0.5, 0.6) is 0 Å². The fraction of sp³-hybridized carbons (Fsp3) is 0.929. The molecule has 1 atom stereocenters. The van der Waals surface area contributed by atoms with Gasteiger partial charge >= 0.3 is 5.97 Å². The van der Waals surface area contributed by atoms with E-state index in [1.165, 1.54) is 32.1 Å². The topological polar surface area (TPSA) is 52.6 Å². The van der Waals surface area contributed by atoms with E-state index in [0.29, 0.717) is 12.5 Å². The number of nitrogens with zero attached hydrogens (tertiary/aromatic N) is 1. The normalized spacial score (nSPS) is 19.1. The third-order valence-electron chi connectivity index (χ3n) is 3.91. The maximum absolute atomic E-state index is 11.1. The summed E-state index contributed by atoms with van der Waals surface area (Å²) in [7, 11) is 2.13. The number of nitrogens with one attached hydrogen (secondary N) is 1. The van der Waals surface area contributed by atoms with Crippen molar-refractivity contribution in [1.82, 2.24) is 10.2 Å². The lowest BCUT2D eigenvalue weighted by molar-refractivity contribution is -0.139. The standard InChI is InChI=1S/C14H28N2O2/c1-3-10-15-13(14(17)18)9-11-16(2)12-7-5-4-6-8-12/h12-13,15H,3-11H2,1-2H3,(H,17,18). The van der Waals surface area contributed by atoms with Crippen LogP contribution in [0.1, 0.15) is 51.9 Å². The lowest BCUT2D eigenvalue weighted by Gasteiger charge is -2.31. The maximum atomic E-state index is 11.1. The van der Waals surface area contributed by atoms with Crippen molar-refractivity contribution >= 4 is 5.97 Å². The zero-order valence-corrected chi connectivity index (χ0v) is 11.8. The highest BCUT2D eigenvalue weighted by atomic mass is 16.4. The first-order valence-corrected chi connectivity index (χ1v) is 7.31. The summed E-state index contributed by atoms with van der Waals surface area (Å²) >= 11 is 0. The highest BCUT2D eigenvalue weighted by Gasteiger charge is 2.21. The lowest BCUT2D eigenvalue weighted by atomic mass is 9.94. The molecule has 106 valence electrons. The van der Waals surface area contributed by atoms with Crippen LogP contribution >= 0.6 is 0 Å². The van der Waals surface area contributed by atoms with E-state index in [1.807, 2.05) is 0 Å². The Labute approximate surface area is 111 Å². The molecule has 4 nitrogen and oxygen atoms in total. The first-order valence-electron chi connectivity index (χ1n) is 7.31. The molecule has 4 heteroatoms. The number of hydrogen-bond donors (Lipinski definition) is 2. The fourth-order valence-electron chi connectivity index (χ4n) is 2.67.